The predicted molar refractivity (Wildman–Crippen MR) is 62.2 cm³/mol. The van der Waals surface area contributed by atoms with Crippen molar-refractivity contribution in [3.63, 3.8) is 0 Å². The lowest BCUT2D eigenvalue weighted by molar-refractivity contribution is 0.662. The average molecular weight is 240 g/mol. The Morgan fingerprint density at radius 1 is 1.50 bits per heavy atom. The summed E-state index contributed by atoms with van der Waals surface area (Å²) in [5.41, 5.74) is 8.19. The molecule has 0 aliphatic heterocycles. The smallest absolute Gasteiger partial charge is 0.0953 e. The molecule has 0 aromatic carbocycles. The Kier molecular flexibility index (Phi) is 2.98. The van der Waals surface area contributed by atoms with Crippen LogP contribution in [-0.2, 0) is 20.1 Å². The van der Waals surface area contributed by atoms with E-state index in [0.29, 0.717) is 18.1 Å². The second-order valence-corrected chi connectivity index (χ2v) is 4.09. The zero-order chi connectivity index (χ0) is 11.7. The highest BCUT2D eigenvalue weighted by Crippen LogP contribution is 2.20. The highest BCUT2D eigenvalue weighted by Gasteiger charge is 2.11. The molecule has 5 nitrogen and oxygen atoms in total. The molecular weight excluding hydrogens is 226 g/mol. The first kappa shape index (κ1) is 11.2. The van der Waals surface area contributed by atoms with Crippen LogP contribution in [0.15, 0.2) is 12.5 Å². The summed E-state index contributed by atoms with van der Waals surface area (Å²) in [7, 11) is 1.88. The third-order valence-electron chi connectivity index (χ3n) is 2.49. The molecule has 0 unspecified atom stereocenters. The summed E-state index contributed by atoms with van der Waals surface area (Å²) in [4.78, 5) is 4.16. The largest absolute Gasteiger partial charge is 0.331 e. The van der Waals surface area contributed by atoms with Gasteiger partial charge in [0.05, 0.1) is 35.0 Å². The van der Waals surface area contributed by atoms with E-state index in [-0.39, 0.29) is 0 Å². The van der Waals surface area contributed by atoms with Crippen molar-refractivity contribution in [2.75, 3.05) is 0 Å². The van der Waals surface area contributed by atoms with Gasteiger partial charge in [0.15, 0.2) is 0 Å². The minimum Gasteiger partial charge on any atom is -0.331 e. The zero-order valence-corrected chi connectivity index (χ0v) is 10.1. The maximum absolute atomic E-state index is 6.16. The van der Waals surface area contributed by atoms with Gasteiger partial charge in [0.1, 0.15) is 0 Å². The Labute approximate surface area is 98.8 Å². The summed E-state index contributed by atoms with van der Waals surface area (Å²) in [5, 5.41) is 4.97. The molecule has 2 aromatic heterocycles. The first-order chi connectivity index (χ1) is 7.61. The highest BCUT2D eigenvalue weighted by atomic mass is 35.5. The molecule has 0 saturated heterocycles. The van der Waals surface area contributed by atoms with Gasteiger partial charge in [0.2, 0.25) is 0 Å². The van der Waals surface area contributed by atoms with Crippen molar-refractivity contribution in [1.29, 1.82) is 0 Å². The number of halogens is 1. The van der Waals surface area contributed by atoms with Crippen molar-refractivity contribution in [1.82, 2.24) is 19.3 Å². The van der Waals surface area contributed by atoms with E-state index in [1.54, 1.807) is 11.0 Å². The number of aromatic nitrogens is 4. The highest BCUT2D eigenvalue weighted by molar-refractivity contribution is 6.31. The van der Waals surface area contributed by atoms with Crippen LogP contribution in [-0.4, -0.2) is 19.3 Å². The number of hydrogen-bond acceptors (Lipinski definition) is 3. The van der Waals surface area contributed by atoms with Crippen molar-refractivity contribution >= 4 is 11.6 Å². The van der Waals surface area contributed by atoms with Crippen molar-refractivity contribution in [3.05, 3.63) is 34.6 Å². The first-order valence-corrected chi connectivity index (χ1v) is 5.38. The summed E-state index contributed by atoms with van der Waals surface area (Å²) < 4.78 is 3.74. The molecule has 0 radical (unpaired) electrons. The molecule has 16 heavy (non-hydrogen) atoms. The molecule has 2 N–H and O–H groups in total. The summed E-state index contributed by atoms with van der Waals surface area (Å²) >= 11 is 6.16. The summed E-state index contributed by atoms with van der Waals surface area (Å²) in [6.45, 7) is 3.00. The average Bonchev–Trinajstić information content (AvgIpc) is 2.80. The quantitative estimate of drug-likeness (QED) is 0.872. The first-order valence-electron chi connectivity index (χ1n) is 5.00. The van der Waals surface area contributed by atoms with Crippen LogP contribution in [0.3, 0.4) is 0 Å². The second-order valence-electron chi connectivity index (χ2n) is 3.71. The van der Waals surface area contributed by atoms with Crippen LogP contribution in [0, 0.1) is 6.92 Å². The summed E-state index contributed by atoms with van der Waals surface area (Å²) in [6, 6.07) is 0. The summed E-state index contributed by atoms with van der Waals surface area (Å²) in [5.74, 6) is 0. The number of nitrogens with zero attached hydrogens (tertiary/aromatic N) is 4. The van der Waals surface area contributed by atoms with Gasteiger partial charge < -0.3 is 10.3 Å². The maximum atomic E-state index is 6.16. The summed E-state index contributed by atoms with van der Waals surface area (Å²) in [6.07, 6.45) is 3.67. The predicted octanol–water partition coefficient (Wildman–Crippen LogP) is 1.09. The minimum absolute atomic E-state index is 0.450. The van der Waals surface area contributed by atoms with Gasteiger partial charge >= 0.3 is 0 Å². The van der Waals surface area contributed by atoms with Crippen molar-refractivity contribution in [2.45, 2.75) is 20.0 Å². The Hall–Kier alpha value is -1.33. The molecule has 0 aliphatic carbocycles. The molecule has 0 aliphatic rings. The molecule has 0 saturated carbocycles. The van der Waals surface area contributed by atoms with Gasteiger partial charge in [-0.3, -0.25) is 4.68 Å². The van der Waals surface area contributed by atoms with Crippen molar-refractivity contribution in [2.24, 2.45) is 12.8 Å². The molecular formula is C10H14ClN5. The van der Waals surface area contributed by atoms with E-state index < -0.39 is 0 Å². The molecule has 0 atom stereocenters. The number of aryl methyl sites for hydroxylation is 2. The van der Waals surface area contributed by atoms with Crippen LogP contribution in [0.2, 0.25) is 5.02 Å². The van der Waals surface area contributed by atoms with E-state index >= 15 is 0 Å². The van der Waals surface area contributed by atoms with Gasteiger partial charge in [0.25, 0.3) is 0 Å². The molecule has 86 valence electrons. The lowest BCUT2D eigenvalue weighted by Crippen LogP contribution is -2.04. The second kappa shape index (κ2) is 4.27. The maximum Gasteiger partial charge on any atom is 0.0953 e. The van der Waals surface area contributed by atoms with Crippen molar-refractivity contribution < 1.29 is 0 Å². The fourth-order valence-electron chi connectivity index (χ4n) is 1.62. The van der Waals surface area contributed by atoms with E-state index in [9.17, 15) is 0 Å². The van der Waals surface area contributed by atoms with Gasteiger partial charge in [-0.05, 0) is 6.92 Å². The van der Waals surface area contributed by atoms with E-state index in [1.165, 1.54) is 0 Å². The number of hydrogen-bond donors (Lipinski definition) is 1. The molecule has 0 fully saturated rings. The number of rotatable bonds is 3. The fourth-order valence-corrected chi connectivity index (χ4v) is 1.84. The van der Waals surface area contributed by atoms with Gasteiger partial charge in [-0.25, -0.2) is 4.98 Å². The minimum atomic E-state index is 0.450. The lowest BCUT2D eigenvalue weighted by Gasteiger charge is -2.03. The van der Waals surface area contributed by atoms with Crippen LogP contribution in [0.25, 0.3) is 0 Å². The monoisotopic (exact) mass is 239 g/mol. The van der Waals surface area contributed by atoms with Crippen LogP contribution < -0.4 is 5.73 Å². The fraction of sp³-hybridized carbons (Fsp3) is 0.400. The van der Waals surface area contributed by atoms with E-state index in [0.717, 1.165) is 17.1 Å². The SMILES string of the molecule is Cc1nn(C)c(Cn2cnc(CN)c2)c1Cl. The molecule has 2 heterocycles. The van der Waals surface area contributed by atoms with E-state index in [2.05, 4.69) is 10.1 Å². The van der Waals surface area contributed by atoms with Crippen molar-refractivity contribution in [3.8, 4) is 0 Å². The van der Waals surface area contributed by atoms with Crippen LogP contribution in [0.1, 0.15) is 17.1 Å². The van der Waals surface area contributed by atoms with E-state index in [1.807, 2.05) is 24.7 Å². The molecule has 6 heteroatoms. The van der Waals surface area contributed by atoms with Crippen LogP contribution in [0.5, 0.6) is 0 Å². The molecule has 2 rings (SSSR count). The van der Waals surface area contributed by atoms with Crippen LogP contribution >= 0.6 is 11.6 Å². The van der Waals surface area contributed by atoms with Gasteiger partial charge in [0, 0.05) is 19.8 Å². The standard InChI is InChI=1S/C10H14ClN5/c1-7-10(11)9(15(2)14-7)5-16-4-8(3-12)13-6-16/h4,6H,3,5,12H2,1-2H3. The van der Waals surface area contributed by atoms with Crippen LogP contribution in [0.4, 0.5) is 0 Å². The third kappa shape index (κ3) is 1.96. The van der Waals surface area contributed by atoms with Gasteiger partial charge in [-0.2, -0.15) is 5.10 Å². The Bertz CT molecular complexity index is 499. The normalized spacial score (nSPS) is 11.0. The third-order valence-corrected chi connectivity index (χ3v) is 2.98. The molecule has 0 amide bonds. The Balaban J connectivity index is 2.26. The number of imidazole rings is 1. The molecule has 0 spiro atoms. The molecule has 2 aromatic rings. The lowest BCUT2D eigenvalue weighted by atomic mass is 10.3. The molecule has 0 bridgehead atoms. The Morgan fingerprint density at radius 3 is 2.75 bits per heavy atom. The van der Waals surface area contributed by atoms with Gasteiger partial charge in [-0.1, -0.05) is 11.6 Å². The Morgan fingerprint density at radius 2 is 2.25 bits per heavy atom. The van der Waals surface area contributed by atoms with E-state index in [4.69, 9.17) is 17.3 Å². The zero-order valence-electron chi connectivity index (χ0n) is 9.31. The van der Waals surface area contributed by atoms with Gasteiger partial charge in [-0.15, -0.1) is 0 Å². The topological polar surface area (TPSA) is 61.7 Å². The number of nitrogens with two attached hydrogens (primary N) is 1.